The number of ketones is 1. The number of carbonyl (C=O) groups is 2. The van der Waals surface area contributed by atoms with E-state index in [2.05, 4.69) is 4.74 Å². The second kappa shape index (κ2) is 8.94. The molecule has 0 N–H and O–H groups in total. The van der Waals surface area contributed by atoms with E-state index in [0.717, 1.165) is 4.90 Å². The summed E-state index contributed by atoms with van der Waals surface area (Å²) in [6, 6.07) is 15.1. The maximum Gasteiger partial charge on any atom is 0.377 e. The van der Waals surface area contributed by atoms with Crippen LogP contribution in [0.25, 0.3) is 0 Å². The smallest absolute Gasteiger partial charge is 0.377 e. The van der Waals surface area contributed by atoms with Crippen molar-refractivity contribution in [3.63, 3.8) is 0 Å². The number of halogens is 2. The summed E-state index contributed by atoms with van der Waals surface area (Å²) < 4.78 is 33.1. The summed E-state index contributed by atoms with van der Waals surface area (Å²) >= 11 is 1.51. The molecule has 0 amide bonds. The molecule has 0 saturated carbocycles. The van der Waals surface area contributed by atoms with Gasteiger partial charge in [0.05, 0.1) is 12.5 Å². The molecule has 6 heteroatoms. The molecule has 0 spiro atoms. The molecule has 2 rings (SSSR count). The van der Waals surface area contributed by atoms with Crippen molar-refractivity contribution in [2.75, 3.05) is 12.9 Å². The van der Waals surface area contributed by atoms with Crippen molar-refractivity contribution in [1.29, 1.82) is 0 Å². The maximum absolute atomic E-state index is 14.3. The summed E-state index contributed by atoms with van der Waals surface area (Å²) in [5.41, 5.74) is 0.770. The molecule has 1 unspecified atom stereocenters. The van der Waals surface area contributed by atoms with Crippen LogP contribution in [0.5, 0.6) is 0 Å². The topological polar surface area (TPSA) is 43.4 Å². The Hall–Kier alpha value is -2.21. The Morgan fingerprint density at radius 2 is 1.69 bits per heavy atom. The molecule has 26 heavy (non-hydrogen) atoms. The first-order valence-electron chi connectivity index (χ1n) is 8.17. The largest absolute Gasteiger partial charge is 0.462 e. The quantitative estimate of drug-likeness (QED) is 0.370. The average molecular weight is 378 g/mol. The van der Waals surface area contributed by atoms with E-state index < -0.39 is 30.0 Å². The van der Waals surface area contributed by atoms with Crippen molar-refractivity contribution in [1.82, 2.24) is 0 Å². The van der Waals surface area contributed by atoms with Gasteiger partial charge in [-0.05, 0) is 30.9 Å². The zero-order chi connectivity index (χ0) is 19.2. The number of benzene rings is 2. The first-order chi connectivity index (χ1) is 12.4. The fourth-order valence-electron chi connectivity index (χ4n) is 2.58. The Labute approximate surface area is 155 Å². The number of alkyl halides is 2. The van der Waals surface area contributed by atoms with Gasteiger partial charge in [-0.15, -0.1) is 11.8 Å². The van der Waals surface area contributed by atoms with E-state index in [1.807, 2.05) is 6.26 Å². The number of thioether (sulfide) groups is 1. The van der Waals surface area contributed by atoms with Gasteiger partial charge >= 0.3 is 11.9 Å². The van der Waals surface area contributed by atoms with Crippen molar-refractivity contribution >= 4 is 23.5 Å². The van der Waals surface area contributed by atoms with Crippen molar-refractivity contribution in [3.05, 3.63) is 65.7 Å². The van der Waals surface area contributed by atoms with Gasteiger partial charge in [-0.25, -0.2) is 4.79 Å². The van der Waals surface area contributed by atoms with Crippen LogP contribution in [0.1, 0.15) is 35.2 Å². The average Bonchev–Trinajstić information content (AvgIpc) is 2.66. The molecular weight excluding hydrogens is 358 g/mol. The highest BCUT2D eigenvalue weighted by molar-refractivity contribution is 7.98. The van der Waals surface area contributed by atoms with Gasteiger partial charge < -0.3 is 4.74 Å². The van der Waals surface area contributed by atoms with Crippen LogP contribution in [0, 0.1) is 0 Å². The third-order valence-corrected chi connectivity index (χ3v) is 4.67. The molecule has 0 aliphatic rings. The third-order valence-electron chi connectivity index (χ3n) is 3.93. The molecule has 138 valence electrons. The van der Waals surface area contributed by atoms with E-state index in [0.29, 0.717) is 11.1 Å². The van der Waals surface area contributed by atoms with Gasteiger partial charge in [0.15, 0.2) is 5.78 Å². The normalized spacial score (nSPS) is 12.5. The minimum Gasteiger partial charge on any atom is -0.462 e. The van der Waals surface area contributed by atoms with Crippen molar-refractivity contribution in [2.45, 2.75) is 30.1 Å². The summed E-state index contributed by atoms with van der Waals surface area (Å²) in [5, 5.41) is 0. The number of Topliss-reactive ketones (excluding diaryl/α,β-unsaturated/α-hetero) is 1. The van der Waals surface area contributed by atoms with Crippen LogP contribution in [0.15, 0.2) is 59.5 Å². The Balaban J connectivity index is 2.37. The molecular formula is C20H20F2O3S. The van der Waals surface area contributed by atoms with Gasteiger partial charge in [-0.1, -0.05) is 42.5 Å². The predicted octanol–water partition coefficient (Wildman–Crippen LogP) is 4.96. The molecule has 0 aliphatic carbocycles. The highest BCUT2D eigenvalue weighted by Gasteiger charge is 2.44. The fourth-order valence-corrected chi connectivity index (χ4v) is 2.99. The van der Waals surface area contributed by atoms with Crippen molar-refractivity contribution in [3.8, 4) is 0 Å². The van der Waals surface area contributed by atoms with Gasteiger partial charge in [0.25, 0.3) is 0 Å². The number of esters is 1. The molecule has 0 fully saturated rings. The van der Waals surface area contributed by atoms with Crippen LogP contribution in [-0.4, -0.2) is 30.5 Å². The van der Waals surface area contributed by atoms with Crippen LogP contribution >= 0.6 is 11.8 Å². The van der Waals surface area contributed by atoms with E-state index in [1.165, 1.54) is 18.7 Å². The Morgan fingerprint density at radius 1 is 1.08 bits per heavy atom. The summed E-state index contributed by atoms with van der Waals surface area (Å²) in [7, 11) is 0. The standard InChI is InChI=1S/C20H20F2O3S/c1-3-25-19(24)20(21,22)13-17(14-9-11-16(26-2)12-10-14)18(23)15-7-5-4-6-8-15/h4-12,17H,3,13H2,1-2H3. The van der Waals surface area contributed by atoms with Gasteiger partial charge in [-0.3, -0.25) is 4.79 Å². The first-order valence-corrected chi connectivity index (χ1v) is 9.39. The predicted molar refractivity (Wildman–Crippen MR) is 97.9 cm³/mol. The van der Waals surface area contributed by atoms with Crippen LogP contribution in [-0.2, 0) is 9.53 Å². The van der Waals surface area contributed by atoms with E-state index in [-0.39, 0.29) is 6.61 Å². The lowest BCUT2D eigenvalue weighted by Gasteiger charge is -2.22. The van der Waals surface area contributed by atoms with Crippen LogP contribution < -0.4 is 0 Å². The van der Waals surface area contributed by atoms with Crippen LogP contribution in [0.2, 0.25) is 0 Å². The Bertz CT molecular complexity index is 745. The SMILES string of the molecule is CCOC(=O)C(F)(F)CC(C(=O)c1ccccc1)c1ccc(SC)cc1. The number of ether oxygens (including phenoxy) is 1. The van der Waals surface area contributed by atoms with Crippen molar-refractivity contribution in [2.24, 2.45) is 0 Å². The molecule has 0 radical (unpaired) electrons. The van der Waals surface area contributed by atoms with E-state index in [4.69, 9.17) is 0 Å². The lowest BCUT2D eigenvalue weighted by molar-refractivity contribution is -0.172. The number of hydrogen-bond acceptors (Lipinski definition) is 4. The molecule has 0 heterocycles. The minimum absolute atomic E-state index is 0.145. The summed E-state index contributed by atoms with van der Waals surface area (Å²) in [6.07, 6.45) is 0.967. The van der Waals surface area contributed by atoms with Crippen LogP contribution in [0.4, 0.5) is 8.78 Å². The monoisotopic (exact) mass is 378 g/mol. The van der Waals surface area contributed by atoms with Gasteiger partial charge in [0, 0.05) is 16.9 Å². The fraction of sp³-hybridized carbons (Fsp3) is 0.300. The zero-order valence-electron chi connectivity index (χ0n) is 14.6. The van der Waals surface area contributed by atoms with Gasteiger partial charge in [0.2, 0.25) is 0 Å². The van der Waals surface area contributed by atoms with Gasteiger partial charge in [0.1, 0.15) is 0 Å². The number of hydrogen-bond donors (Lipinski definition) is 0. The number of carbonyl (C=O) groups excluding carboxylic acids is 2. The highest BCUT2D eigenvalue weighted by Crippen LogP contribution is 2.34. The number of rotatable bonds is 8. The lowest BCUT2D eigenvalue weighted by Crippen LogP contribution is -2.34. The summed E-state index contributed by atoms with van der Waals surface area (Å²) in [6.45, 7) is 1.32. The van der Waals surface area contributed by atoms with E-state index >= 15 is 0 Å². The van der Waals surface area contributed by atoms with Gasteiger partial charge in [-0.2, -0.15) is 8.78 Å². The van der Waals surface area contributed by atoms with Crippen molar-refractivity contribution < 1.29 is 23.1 Å². The second-order valence-electron chi connectivity index (χ2n) is 5.69. The highest BCUT2D eigenvalue weighted by atomic mass is 32.2. The third kappa shape index (κ3) is 4.91. The maximum atomic E-state index is 14.3. The molecule has 0 aliphatic heterocycles. The Kier molecular flexibility index (Phi) is 6.91. The second-order valence-corrected chi connectivity index (χ2v) is 6.56. The molecule has 0 saturated heterocycles. The first kappa shape index (κ1) is 20.1. The van der Waals surface area contributed by atoms with E-state index in [1.54, 1.807) is 54.6 Å². The minimum atomic E-state index is -3.75. The molecule has 2 aromatic carbocycles. The lowest BCUT2D eigenvalue weighted by atomic mass is 9.86. The molecule has 1 atom stereocenters. The van der Waals surface area contributed by atoms with E-state index in [9.17, 15) is 18.4 Å². The zero-order valence-corrected chi connectivity index (χ0v) is 15.4. The molecule has 0 bridgehead atoms. The summed E-state index contributed by atoms with van der Waals surface area (Å²) in [4.78, 5) is 25.4. The molecule has 2 aromatic rings. The summed E-state index contributed by atoms with van der Waals surface area (Å²) in [5.74, 6) is -6.95. The molecule has 3 nitrogen and oxygen atoms in total. The Morgan fingerprint density at radius 3 is 2.23 bits per heavy atom. The molecule has 0 aromatic heterocycles. The van der Waals surface area contributed by atoms with Crippen LogP contribution in [0.3, 0.4) is 0 Å².